The summed E-state index contributed by atoms with van der Waals surface area (Å²) in [6.07, 6.45) is 1.49. The van der Waals surface area contributed by atoms with Crippen molar-refractivity contribution in [3.8, 4) is 11.8 Å². The smallest absolute Gasteiger partial charge is 0.262 e. The molecule has 0 aliphatic rings. The third-order valence-electron chi connectivity index (χ3n) is 3.64. The van der Waals surface area contributed by atoms with Gasteiger partial charge in [0.15, 0.2) is 6.10 Å². The average molecular weight is 406 g/mol. The predicted octanol–water partition coefficient (Wildman–Crippen LogP) is 3.20. The number of benzene rings is 1. The van der Waals surface area contributed by atoms with Crippen LogP contribution >= 0.6 is 15.9 Å². The Morgan fingerprint density at radius 1 is 1.48 bits per heavy atom. The van der Waals surface area contributed by atoms with E-state index in [1.54, 1.807) is 19.2 Å². The molecule has 25 heavy (non-hydrogen) atoms. The fraction of sp³-hybridized carbons (Fsp3) is 0.389. The molecule has 1 aromatic carbocycles. The van der Waals surface area contributed by atoms with Crippen LogP contribution in [0.25, 0.3) is 10.9 Å². The van der Waals surface area contributed by atoms with Crippen LogP contribution in [0.1, 0.15) is 20.3 Å². The highest BCUT2D eigenvalue weighted by molar-refractivity contribution is 9.10. The topological polar surface area (TPSA) is 84.2 Å². The van der Waals surface area contributed by atoms with Gasteiger partial charge in [-0.05, 0) is 53.5 Å². The molecule has 2 aromatic rings. The first kappa shape index (κ1) is 19.2. The third-order valence-corrected chi connectivity index (χ3v) is 4.07. The molecule has 0 aliphatic heterocycles. The maximum atomic E-state index is 12.5. The molecule has 0 aliphatic carbocycles. The Hall–Kier alpha value is -2.17. The van der Waals surface area contributed by atoms with Gasteiger partial charge in [0.05, 0.1) is 18.2 Å². The average Bonchev–Trinajstić information content (AvgIpc) is 2.59. The SMILES string of the molecule is CCC(Oc1ccc2ncc(Br)cc2c1)C(=O)NC(C)(C#N)COC. The number of halogens is 1. The van der Waals surface area contributed by atoms with Crippen molar-refractivity contribution in [3.05, 3.63) is 34.9 Å². The summed E-state index contributed by atoms with van der Waals surface area (Å²) >= 11 is 3.39. The van der Waals surface area contributed by atoms with Gasteiger partial charge in [0.1, 0.15) is 11.3 Å². The first-order valence-electron chi connectivity index (χ1n) is 7.85. The number of carbonyl (C=O) groups excluding carboxylic acids is 1. The lowest BCUT2D eigenvalue weighted by Gasteiger charge is -2.25. The molecule has 7 heteroatoms. The van der Waals surface area contributed by atoms with Crippen LogP contribution in [-0.4, -0.2) is 36.3 Å². The largest absolute Gasteiger partial charge is 0.481 e. The number of ether oxygens (including phenoxy) is 2. The molecular formula is C18H20BrN3O3. The molecule has 0 radical (unpaired) electrons. The standard InChI is InChI=1S/C18H20BrN3O3/c1-4-16(17(23)22-18(2,10-20)11-24-3)25-14-5-6-15-12(8-14)7-13(19)9-21-15/h5-9,16H,4,11H2,1-3H3,(H,22,23). The van der Waals surface area contributed by atoms with Crippen LogP contribution in [0.4, 0.5) is 0 Å². The van der Waals surface area contributed by atoms with E-state index in [1.807, 2.05) is 25.1 Å². The Bertz CT molecular complexity index is 806. The molecule has 132 valence electrons. The molecule has 0 saturated heterocycles. The highest BCUT2D eigenvalue weighted by atomic mass is 79.9. The summed E-state index contributed by atoms with van der Waals surface area (Å²) in [7, 11) is 1.48. The number of carbonyl (C=O) groups is 1. The van der Waals surface area contributed by atoms with E-state index in [0.717, 1.165) is 15.4 Å². The van der Waals surface area contributed by atoms with Crippen molar-refractivity contribution in [2.45, 2.75) is 31.9 Å². The van der Waals surface area contributed by atoms with Crippen LogP contribution in [0.5, 0.6) is 5.75 Å². The molecule has 0 spiro atoms. The second-order valence-electron chi connectivity index (χ2n) is 5.89. The fourth-order valence-corrected chi connectivity index (χ4v) is 2.73. The Labute approximate surface area is 155 Å². The fourth-order valence-electron chi connectivity index (χ4n) is 2.38. The van der Waals surface area contributed by atoms with Gasteiger partial charge in [-0.2, -0.15) is 5.26 Å². The zero-order valence-corrected chi connectivity index (χ0v) is 16.0. The summed E-state index contributed by atoms with van der Waals surface area (Å²) in [5.41, 5.74) is -0.258. The van der Waals surface area contributed by atoms with E-state index in [0.29, 0.717) is 12.2 Å². The summed E-state index contributed by atoms with van der Waals surface area (Å²) in [6, 6.07) is 9.44. The van der Waals surface area contributed by atoms with Crippen molar-refractivity contribution in [1.82, 2.24) is 10.3 Å². The number of aromatic nitrogens is 1. The molecular weight excluding hydrogens is 386 g/mol. The molecule has 1 heterocycles. The number of nitrogens with zero attached hydrogens (tertiary/aromatic N) is 2. The van der Waals surface area contributed by atoms with Crippen LogP contribution in [0.15, 0.2) is 34.9 Å². The highest BCUT2D eigenvalue weighted by Crippen LogP contribution is 2.23. The van der Waals surface area contributed by atoms with E-state index in [9.17, 15) is 10.1 Å². The van der Waals surface area contributed by atoms with Gasteiger partial charge in [0, 0.05) is 23.2 Å². The van der Waals surface area contributed by atoms with Crippen LogP contribution in [0, 0.1) is 11.3 Å². The van der Waals surface area contributed by atoms with E-state index >= 15 is 0 Å². The number of rotatable bonds is 7. The van der Waals surface area contributed by atoms with Gasteiger partial charge in [0.25, 0.3) is 5.91 Å². The normalized spacial score (nSPS) is 14.4. The van der Waals surface area contributed by atoms with Gasteiger partial charge in [-0.3, -0.25) is 9.78 Å². The molecule has 2 unspecified atom stereocenters. The summed E-state index contributed by atoms with van der Waals surface area (Å²) < 4.78 is 11.7. The molecule has 0 saturated carbocycles. The van der Waals surface area contributed by atoms with E-state index in [4.69, 9.17) is 9.47 Å². The van der Waals surface area contributed by atoms with Crippen molar-refractivity contribution in [2.24, 2.45) is 0 Å². The number of nitriles is 1. The van der Waals surface area contributed by atoms with Crippen molar-refractivity contribution in [1.29, 1.82) is 5.26 Å². The second kappa shape index (κ2) is 8.28. The number of amides is 1. The summed E-state index contributed by atoms with van der Waals surface area (Å²) in [5.74, 6) is 0.218. The minimum Gasteiger partial charge on any atom is -0.481 e. The number of methoxy groups -OCH3 is 1. The molecule has 1 amide bonds. The van der Waals surface area contributed by atoms with E-state index < -0.39 is 11.6 Å². The summed E-state index contributed by atoms with van der Waals surface area (Å²) in [6.45, 7) is 3.56. The lowest BCUT2D eigenvalue weighted by molar-refractivity contribution is -0.129. The summed E-state index contributed by atoms with van der Waals surface area (Å²) in [5, 5.41) is 12.9. The predicted molar refractivity (Wildman–Crippen MR) is 98.2 cm³/mol. The first-order valence-corrected chi connectivity index (χ1v) is 8.64. The Kier molecular flexibility index (Phi) is 6.34. The van der Waals surface area contributed by atoms with Gasteiger partial charge in [-0.25, -0.2) is 0 Å². The van der Waals surface area contributed by atoms with Gasteiger partial charge >= 0.3 is 0 Å². The highest BCUT2D eigenvalue weighted by Gasteiger charge is 2.30. The molecule has 0 fully saturated rings. The zero-order valence-electron chi connectivity index (χ0n) is 14.4. The van der Waals surface area contributed by atoms with Crippen LogP contribution in [0.3, 0.4) is 0 Å². The van der Waals surface area contributed by atoms with E-state index in [1.165, 1.54) is 7.11 Å². The first-order chi connectivity index (χ1) is 11.9. The lowest BCUT2D eigenvalue weighted by Crippen LogP contribution is -2.52. The number of hydrogen-bond donors (Lipinski definition) is 1. The van der Waals surface area contributed by atoms with Crippen molar-refractivity contribution in [2.75, 3.05) is 13.7 Å². The molecule has 1 N–H and O–H groups in total. The Balaban J connectivity index is 2.16. The van der Waals surface area contributed by atoms with Gasteiger partial charge in [0.2, 0.25) is 0 Å². The van der Waals surface area contributed by atoms with Crippen molar-refractivity contribution < 1.29 is 14.3 Å². The molecule has 6 nitrogen and oxygen atoms in total. The minimum atomic E-state index is -1.10. The van der Waals surface area contributed by atoms with Crippen LogP contribution in [0.2, 0.25) is 0 Å². The monoisotopic (exact) mass is 405 g/mol. The van der Waals surface area contributed by atoms with Crippen molar-refractivity contribution >= 4 is 32.7 Å². The van der Waals surface area contributed by atoms with Crippen LogP contribution < -0.4 is 10.1 Å². The van der Waals surface area contributed by atoms with E-state index in [2.05, 4.69) is 32.3 Å². The molecule has 2 rings (SSSR count). The molecule has 2 atom stereocenters. The van der Waals surface area contributed by atoms with Crippen LogP contribution in [-0.2, 0) is 9.53 Å². The number of pyridine rings is 1. The van der Waals surface area contributed by atoms with Crippen molar-refractivity contribution in [3.63, 3.8) is 0 Å². The third kappa shape index (κ3) is 4.91. The van der Waals surface area contributed by atoms with Gasteiger partial charge < -0.3 is 14.8 Å². The van der Waals surface area contributed by atoms with Gasteiger partial charge in [-0.15, -0.1) is 0 Å². The minimum absolute atomic E-state index is 0.0986. The number of hydrogen-bond acceptors (Lipinski definition) is 5. The second-order valence-corrected chi connectivity index (χ2v) is 6.80. The molecule has 0 bridgehead atoms. The maximum absolute atomic E-state index is 12.5. The molecule has 1 aromatic heterocycles. The summed E-state index contributed by atoms with van der Waals surface area (Å²) in [4.78, 5) is 16.8. The quantitative estimate of drug-likeness (QED) is 0.764. The number of nitrogens with one attached hydrogen (secondary N) is 1. The Morgan fingerprint density at radius 3 is 2.88 bits per heavy atom. The van der Waals surface area contributed by atoms with E-state index in [-0.39, 0.29) is 12.5 Å². The van der Waals surface area contributed by atoms with Gasteiger partial charge in [-0.1, -0.05) is 6.92 Å². The lowest BCUT2D eigenvalue weighted by atomic mass is 10.1. The Morgan fingerprint density at radius 2 is 2.24 bits per heavy atom. The maximum Gasteiger partial charge on any atom is 0.262 e. The number of fused-ring (bicyclic) bond motifs is 1. The zero-order chi connectivity index (χ0) is 18.4.